The van der Waals surface area contributed by atoms with E-state index in [1.807, 2.05) is 17.9 Å². The van der Waals surface area contributed by atoms with Gasteiger partial charge in [-0.25, -0.2) is 4.39 Å². The first-order chi connectivity index (χ1) is 20.0. The standard InChI is InChI=1S/C28H33F4N5/c1-19(2)37-17-22-16-35(23-11-13-34(14-12-23)26-20(3)7-6-10-25(26)29)18-36(27(22)33-37)15-21-8-4-5-9-24(21)28(30,31)32/h4-10,17,19,23H,11-16,18H2,1-3H3/i1D3,2D3. The number of hydrogen-bond donors (Lipinski definition) is 0. The summed E-state index contributed by atoms with van der Waals surface area (Å²) < 4.78 is 104. The van der Waals surface area contributed by atoms with E-state index in [1.54, 1.807) is 11.0 Å². The Morgan fingerprint density at radius 3 is 2.54 bits per heavy atom. The molecule has 9 heteroatoms. The average Bonchev–Trinajstić information content (AvgIpc) is 3.30. The number of anilines is 2. The van der Waals surface area contributed by atoms with Crippen LogP contribution in [0.1, 0.15) is 63.1 Å². The summed E-state index contributed by atoms with van der Waals surface area (Å²) in [6, 6.07) is 8.27. The number of alkyl halides is 3. The number of piperidine rings is 1. The van der Waals surface area contributed by atoms with E-state index in [0.717, 1.165) is 16.3 Å². The minimum Gasteiger partial charge on any atom is -0.369 e. The predicted octanol–water partition coefficient (Wildman–Crippen LogP) is 6.38. The van der Waals surface area contributed by atoms with Crippen LogP contribution in [0.15, 0.2) is 48.7 Å². The highest BCUT2D eigenvalue weighted by Gasteiger charge is 2.36. The topological polar surface area (TPSA) is 27.5 Å². The fraction of sp³-hybridized carbons (Fsp3) is 0.464. The van der Waals surface area contributed by atoms with E-state index in [0.29, 0.717) is 43.7 Å². The van der Waals surface area contributed by atoms with Gasteiger partial charge in [-0.2, -0.15) is 18.3 Å². The molecular weight excluding hydrogens is 482 g/mol. The number of nitrogens with zero attached hydrogens (tertiary/aromatic N) is 5. The van der Waals surface area contributed by atoms with Crippen LogP contribution >= 0.6 is 0 Å². The maximum absolute atomic E-state index is 14.6. The van der Waals surface area contributed by atoms with Gasteiger partial charge in [0.25, 0.3) is 0 Å². The third-order valence-electron chi connectivity index (χ3n) is 7.24. The number of aromatic nitrogens is 2. The molecule has 3 aromatic rings. The van der Waals surface area contributed by atoms with Crippen LogP contribution in [0.3, 0.4) is 0 Å². The molecule has 0 saturated carbocycles. The Hall–Kier alpha value is -3.07. The number of hydrogen-bond acceptors (Lipinski definition) is 4. The van der Waals surface area contributed by atoms with Crippen LogP contribution in [0, 0.1) is 12.7 Å². The Balaban J connectivity index is 1.46. The molecule has 0 spiro atoms. The van der Waals surface area contributed by atoms with Gasteiger partial charge in [0.2, 0.25) is 0 Å². The number of halogens is 4. The summed E-state index contributed by atoms with van der Waals surface area (Å²) in [5.41, 5.74) is 1.16. The van der Waals surface area contributed by atoms with Crippen LogP contribution in [0.5, 0.6) is 0 Å². The summed E-state index contributed by atoms with van der Waals surface area (Å²) in [6.45, 7) is -2.45. The molecule has 1 aromatic heterocycles. The fourth-order valence-electron chi connectivity index (χ4n) is 5.47. The van der Waals surface area contributed by atoms with E-state index in [4.69, 9.17) is 8.22 Å². The molecule has 0 unspecified atom stereocenters. The molecule has 5 rings (SSSR count). The zero-order chi connectivity index (χ0) is 31.3. The van der Waals surface area contributed by atoms with Crippen LogP contribution in [0.25, 0.3) is 0 Å². The molecule has 0 aliphatic carbocycles. The minimum absolute atomic E-state index is 0.00113. The smallest absolute Gasteiger partial charge is 0.369 e. The van der Waals surface area contributed by atoms with Crippen LogP contribution in [-0.2, 0) is 19.3 Å². The van der Waals surface area contributed by atoms with Crippen molar-refractivity contribution in [2.24, 2.45) is 0 Å². The largest absolute Gasteiger partial charge is 0.416 e. The van der Waals surface area contributed by atoms with Gasteiger partial charge in [0.15, 0.2) is 5.82 Å². The number of benzene rings is 2. The average molecular weight is 522 g/mol. The first-order valence-corrected chi connectivity index (χ1v) is 12.3. The molecule has 37 heavy (non-hydrogen) atoms. The first kappa shape index (κ1) is 19.1. The van der Waals surface area contributed by atoms with E-state index in [2.05, 4.69) is 10.00 Å². The van der Waals surface area contributed by atoms with Crippen molar-refractivity contribution in [1.29, 1.82) is 0 Å². The van der Waals surface area contributed by atoms with Gasteiger partial charge in [0.1, 0.15) is 5.82 Å². The normalized spacial score (nSPS) is 20.6. The number of para-hydroxylation sites is 1. The van der Waals surface area contributed by atoms with Crippen LogP contribution in [0.4, 0.5) is 29.1 Å². The third kappa shape index (κ3) is 5.19. The zero-order valence-electron chi connectivity index (χ0n) is 26.5. The van der Waals surface area contributed by atoms with Gasteiger partial charge in [-0.05, 0) is 56.7 Å². The van der Waals surface area contributed by atoms with Crippen molar-refractivity contribution >= 4 is 11.5 Å². The maximum atomic E-state index is 14.6. The summed E-state index contributed by atoms with van der Waals surface area (Å²) in [6.07, 6.45) is -1.86. The van der Waals surface area contributed by atoms with E-state index >= 15 is 0 Å². The third-order valence-corrected chi connectivity index (χ3v) is 7.24. The van der Waals surface area contributed by atoms with Gasteiger partial charge in [0, 0.05) is 58.2 Å². The Kier molecular flexibility index (Phi) is 5.15. The zero-order valence-corrected chi connectivity index (χ0v) is 20.5. The van der Waals surface area contributed by atoms with E-state index in [1.165, 1.54) is 30.5 Å². The highest BCUT2D eigenvalue weighted by atomic mass is 19.4. The highest BCUT2D eigenvalue weighted by Crippen LogP contribution is 2.36. The fourth-order valence-corrected chi connectivity index (χ4v) is 5.47. The summed E-state index contributed by atoms with van der Waals surface area (Å²) >= 11 is 0. The molecule has 0 atom stereocenters. The van der Waals surface area contributed by atoms with Crippen molar-refractivity contribution in [3.63, 3.8) is 0 Å². The quantitative estimate of drug-likeness (QED) is 0.364. The molecule has 2 aliphatic heterocycles. The lowest BCUT2D eigenvalue weighted by Gasteiger charge is -2.44. The molecule has 5 nitrogen and oxygen atoms in total. The molecule has 2 aromatic carbocycles. The summed E-state index contributed by atoms with van der Waals surface area (Å²) in [4.78, 5) is 5.74. The second-order valence-electron chi connectivity index (χ2n) is 9.73. The predicted molar refractivity (Wildman–Crippen MR) is 137 cm³/mol. The van der Waals surface area contributed by atoms with Crippen molar-refractivity contribution in [2.75, 3.05) is 29.6 Å². The highest BCUT2D eigenvalue weighted by molar-refractivity contribution is 5.55. The van der Waals surface area contributed by atoms with Gasteiger partial charge < -0.3 is 9.80 Å². The SMILES string of the molecule is [2H]C([2H])([2H])C(n1cc2c(n1)N(Cc1ccccc1C(F)(F)F)CN(C1CCN(c3c(C)cccc3F)CC1)C2)C([2H])([2H])[2H]. The summed E-state index contributed by atoms with van der Waals surface area (Å²) in [5, 5.41) is 4.37. The maximum Gasteiger partial charge on any atom is 0.416 e. The Bertz CT molecular complexity index is 1410. The lowest BCUT2D eigenvalue weighted by Crippen LogP contribution is -2.51. The van der Waals surface area contributed by atoms with E-state index < -0.39 is 31.5 Å². The van der Waals surface area contributed by atoms with Crippen molar-refractivity contribution in [2.45, 2.75) is 64.8 Å². The molecule has 198 valence electrons. The Morgan fingerprint density at radius 1 is 1.08 bits per heavy atom. The molecule has 0 N–H and O–H groups in total. The van der Waals surface area contributed by atoms with Crippen molar-refractivity contribution in [1.82, 2.24) is 14.7 Å². The second kappa shape index (κ2) is 10.0. The van der Waals surface area contributed by atoms with Crippen molar-refractivity contribution in [3.8, 4) is 0 Å². The lowest BCUT2D eigenvalue weighted by atomic mass is 10.00. The van der Waals surface area contributed by atoms with Crippen LogP contribution in [0.2, 0.25) is 0 Å². The summed E-state index contributed by atoms with van der Waals surface area (Å²) in [5.74, 6) is -0.0350. The van der Waals surface area contributed by atoms with Crippen molar-refractivity contribution < 1.29 is 25.8 Å². The monoisotopic (exact) mass is 521 g/mol. The van der Waals surface area contributed by atoms with Gasteiger partial charge >= 0.3 is 6.18 Å². The number of aryl methyl sites for hydroxylation is 1. The van der Waals surface area contributed by atoms with Gasteiger partial charge in [-0.3, -0.25) is 9.58 Å². The number of rotatable bonds is 5. The van der Waals surface area contributed by atoms with Gasteiger partial charge in [-0.15, -0.1) is 0 Å². The first-order valence-electron chi connectivity index (χ1n) is 15.3. The molecule has 1 fully saturated rings. The van der Waals surface area contributed by atoms with E-state index in [9.17, 15) is 17.6 Å². The number of fused-ring (bicyclic) bond motifs is 1. The van der Waals surface area contributed by atoms with Crippen LogP contribution in [-0.4, -0.2) is 40.5 Å². The molecule has 0 amide bonds. The Labute approximate surface area is 223 Å². The van der Waals surface area contributed by atoms with E-state index in [-0.39, 0.29) is 36.5 Å². The molecule has 3 heterocycles. The lowest BCUT2D eigenvalue weighted by molar-refractivity contribution is -0.138. The molecule has 2 aliphatic rings. The molecule has 1 saturated heterocycles. The second-order valence-corrected chi connectivity index (χ2v) is 9.73. The van der Waals surface area contributed by atoms with Gasteiger partial charge in [0.05, 0.1) is 17.9 Å². The molecule has 0 bridgehead atoms. The minimum atomic E-state index is -4.58. The molecule has 0 radical (unpaired) electrons. The molecular formula is C28H33F4N5. The van der Waals surface area contributed by atoms with Crippen LogP contribution < -0.4 is 9.80 Å². The Morgan fingerprint density at radius 2 is 1.84 bits per heavy atom. The summed E-state index contributed by atoms with van der Waals surface area (Å²) in [7, 11) is 0. The van der Waals surface area contributed by atoms with Gasteiger partial charge in [-0.1, -0.05) is 30.3 Å². The van der Waals surface area contributed by atoms with Crippen molar-refractivity contribution in [3.05, 3.63) is 76.7 Å².